The summed E-state index contributed by atoms with van der Waals surface area (Å²) in [6.07, 6.45) is 1.94. The molecule has 0 aliphatic carbocycles. The quantitative estimate of drug-likeness (QED) is 0.783. The lowest BCUT2D eigenvalue weighted by Crippen LogP contribution is -2.49. The molecule has 96 valence electrons. The highest BCUT2D eigenvalue weighted by Gasteiger charge is 2.18. The zero-order valence-electron chi connectivity index (χ0n) is 10.8. The van der Waals surface area contributed by atoms with E-state index in [0.29, 0.717) is 18.8 Å². The Bertz CT molecular complexity index is 343. The summed E-state index contributed by atoms with van der Waals surface area (Å²) in [7, 11) is 0. The Labute approximate surface area is 101 Å². The van der Waals surface area contributed by atoms with Gasteiger partial charge in [-0.1, -0.05) is 5.16 Å². The fourth-order valence-electron chi connectivity index (χ4n) is 1.27. The van der Waals surface area contributed by atoms with Crippen LogP contribution in [0, 0.1) is 0 Å². The Morgan fingerprint density at radius 3 is 2.76 bits per heavy atom. The van der Waals surface area contributed by atoms with E-state index in [2.05, 4.69) is 25.3 Å². The minimum Gasteiger partial charge on any atom is -0.350 e. The van der Waals surface area contributed by atoms with Crippen molar-refractivity contribution in [3.63, 3.8) is 0 Å². The molecule has 0 bridgehead atoms. The van der Waals surface area contributed by atoms with Crippen LogP contribution in [0.1, 0.15) is 33.5 Å². The average Bonchev–Trinajstić information content (AvgIpc) is 2.67. The van der Waals surface area contributed by atoms with E-state index >= 15 is 0 Å². The monoisotopic (exact) mass is 240 g/mol. The van der Waals surface area contributed by atoms with Crippen LogP contribution >= 0.6 is 0 Å². The van der Waals surface area contributed by atoms with Gasteiger partial charge in [0.2, 0.25) is 12.3 Å². The molecule has 1 aromatic heterocycles. The van der Waals surface area contributed by atoms with Gasteiger partial charge in [-0.05, 0) is 27.7 Å². The number of hydrogen-bond acceptors (Lipinski definition) is 5. The zero-order chi connectivity index (χ0) is 12.9. The maximum atomic E-state index is 11.7. The summed E-state index contributed by atoms with van der Waals surface area (Å²) in [5.41, 5.74) is -0.208. The molecule has 1 heterocycles. The van der Waals surface area contributed by atoms with Gasteiger partial charge in [-0.2, -0.15) is 4.98 Å². The SMILES string of the molecule is CC(NCCc1ncon1)C(=O)NC(C)(C)C. The number of carbonyl (C=O) groups excluding carboxylic acids is 1. The third-order valence-electron chi connectivity index (χ3n) is 2.10. The molecule has 0 radical (unpaired) electrons. The van der Waals surface area contributed by atoms with E-state index in [-0.39, 0.29) is 17.5 Å². The summed E-state index contributed by atoms with van der Waals surface area (Å²) in [5, 5.41) is 9.71. The van der Waals surface area contributed by atoms with Gasteiger partial charge in [-0.25, -0.2) is 0 Å². The van der Waals surface area contributed by atoms with E-state index < -0.39 is 0 Å². The van der Waals surface area contributed by atoms with Gasteiger partial charge in [0, 0.05) is 18.5 Å². The minimum atomic E-state index is -0.235. The lowest BCUT2D eigenvalue weighted by atomic mass is 10.1. The molecular formula is C11H20N4O2. The summed E-state index contributed by atoms with van der Waals surface area (Å²) >= 11 is 0. The van der Waals surface area contributed by atoms with Crippen LogP contribution in [-0.2, 0) is 11.2 Å². The predicted molar refractivity (Wildman–Crippen MR) is 63.4 cm³/mol. The lowest BCUT2D eigenvalue weighted by Gasteiger charge is -2.23. The number of amides is 1. The van der Waals surface area contributed by atoms with Crippen LogP contribution < -0.4 is 10.6 Å². The second-order valence-corrected chi connectivity index (χ2v) is 5.01. The molecule has 0 spiro atoms. The summed E-state index contributed by atoms with van der Waals surface area (Å²) in [6, 6.07) is -0.235. The van der Waals surface area contributed by atoms with Crippen molar-refractivity contribution in [1.82, 2.24) is 20.8 Å². The van der Waals surface area contributed by atoms with Crippen LogP contribution in [0.5, 0.6) is 0 Å². The standard InChI is InChI=1S/C11H20N4O2/c1-8(10(16)14-11(2,3)4)12-6-5-9-13-7-17-15-9/h7-8,12H,5-6H2,1-4H3,(H,14,16). The minimum absolute atomic E-state index is 0.00869. The molecule has 6 nitrogen and oxygen atoms in total. The van der Waals surface area contributed by atoms with Crippen molar-refractivity contribution >= 4 is 5.91 Å². The molecule has 0 saturated heterocycles. The van der Waals surface area contributed by atoms with Crippen molar-refractivity contribution in [1.29, 1.82) is 0 Å². The summed E-state index contributed by atoms with van der Waals surface area (Å²) in [6.45, 7) is 8.33. The molecule has 0 saturated carbocycles. The van der Waals surface area contributed by atoms with Crippen molar-refractivity contribution in [2.45, 2.75) is 45.7 Å². The van der Waals surface area contributed by atoms with Crippen LogP contribution in [0.2, 0.25) is 0 Å². The molecule has 0 aliphatic rings. The Morgan fingerprint density at radius 1 is 1.53 bits per heavy atom. The van der Waals surface area contributed by atoms with Crippen molar-refractivity contribution in [2.24, 2.45) is 0 Å². The molecule has 0 fully saturated rings. The van der Waals surface area contributed by atoms with Gasteiger partial charge in [0.1, 0.15) is 0 Å². The third-order valence-corrected chi connectivity index (χ3v) is 2.10. The molecule has 0 aromatic carbocycles. The molecule has 1 rings (SSSR count). The van der Waals surface area contributed by atoms with Gasteiger partial charge in [-0.3, -0.25) is 4.79 Å². The number of carbonyl (C=O) groups is 1. The van der Waals surface area contributed by atoms with Crippen molar-refractivity contribution in [2.75, 3.05) is 6.54 Å². The molecule has 0 aliphatic heterocycles. The average molecular weight is 240 g/mol. The predicted octanol–water partition coefficient (Wildman–Crippen LogP) is 0.505. The number of nitrogens with one attached hydrogen (secondary N) is 2. The summed E-state index contributed by atoms with van der Waals surface area (Å²) < 4.78 is 4.62. The number of aromatic nitrogens is 2. The van der Waals surface area contributed by atoms with Gasteiger partial charge in [0.25, 0.3) is 0 Å². The number of rotatable bonds is 5. The topological polar surface area (TPSA) is 80.1 Å². The first-order valence-corrected chi connectivity index (χ1v) is 5.69. The smallest absolute Gasteiger partial charge is 0.237 e. The molecule has 6 heteroatoms. The van der Waals surface area contributed by atoms with Gasteiger partial charge in [-0.15, -0.1) is 0 Å². The van der Waals surface area contributed by atoms with Crippen molar-refractivity contribution in [3.8, 4) is 0 Å². The van der Waals surface area contributed by atoms with E-state index in [1.165, 1.54) is 6.39 Å². The Hall–Kier alpha value is -1.43. The molecule has 1 unspecified atom stereocenters. The Morgan fingerprint density at radius 2 is 2.24 bits per heavy atom. The normalized spacial score (nSPS) is 13.4. The summed E-state index contributed by atoms with van der Waals surface area (Å²) in [5.74, 6) is 0.631. The Kier molecular flexibility index (Phi) is 4.62. The number of nitrogens with zero attached hydrogens (tertiary/aromatic N) is 2. The van der Waals surface area contributed by atoms with Gasteiger partial charge in [0.15, 0.2) is 5.82 Å². The van der Waals surface area contributed by atoms with Gasteiger partial charge < -0.3 is 15.2 Å². The van der Waals surface area contributed by atoms with Crippen molar-refractivity contribution < 1.29 is 9.32 Å². The molecule has 1 aromatic rings. The van der Waals surface area contributed by atoms with Gasteiger partial charge >= 0.3 is 0 Å². The molecular weight excluding hydrogens is 220 g/mol. The van der Waals surface area contributed by atoms with Crippen LogP contribution in [0.3, 0.4) is 0 Å². The third kappa shape index (κ3) is 5.44. The van der Waals surface area contributed by atoms with Crippen LogP contribution in [0.4, 0.5) is 0 Å². The Balaban J connectivity index is 2.25. The van der Waals surface area contributed by atoms with Crippen LogP contribution in [0.15, 0.2) is 10.9 Å². The second kappa shape index (κ2) is 5.77. The first-order valence-electron chi connectivity index (χ1n) is 5.69. The van der Waals surface area contributed by atoms with E-state index in [0.717, 1.165) is 0 Å². The highest BCUT2D eigenvalue weighted by molar-refractivity contribution is 5.81. The fourth-order valence-corrected chi connectivity index (χ4v) is 1.27. The van der Waals surface area contributed by atoms with E-state index in [9.17, 15) is 4.79 Å². The highest BCUT2D eigenvalue weighted by atomic mass is 16.5. The first kappa shape index (κ1) is 13.6. The first-order chi connectivity index (χ1) is 7.88. The largest absolute Gasteiger partial charge is 0.350 e. The number of hydrogen-bond donors (Lipinski definition) is 2. The van der Waals surface area contributed by atoms with Crippen LogP contribution in [0.25, 0.3) is 0 Å². The maximum Gasteiger partial charge on any atom is 0.237 e. The molecule has 1 amide bonds. The molecule has 17 heavy (non-hydrogen) atoms. The highest BCUT2D eigenvalue weighted by Crippen LogP contribution is 1.99. The van der Waals surface area contributed by atoms with Crippen LogP contribution in [-0.4, -0.2) is 34.2 Å². The summed E-state index contributed by atoms with van der Waals surface area (Å²) in [4.78, 5) is 15.6. The van der Waals surface area contributed by atoms with E-state index in [1.807, 2.05) is 27.7 Å². The second-order valence-electron chi connectivity index (χ2n) is 5.01. The zero-order valence-corrected chi connectivity index (χ0v) is 10.8. The maximum absolute atomic E-state index is 11.7. The van der Waals surface area contributed by atoms with Crippen molar-refractivity contribution in [3.05, 3.63) is 12.2 Å². The molecule has 1 atom stereocenters. The molecule has 2 N–H and O–H groups in total. The van der Waals surface area contributed by atoms with Gasteiger partial charge in [0.05, 0.1) is 6.04 Å². The van der Waals surface area contributed by atoms with E-state index in [1.54, 1.807) is 0 Å². The lowest BCUT2D eigenvalue weighted by molar-refractivity contribution is -0.124. The fraction of sp³-hybridized carbons (Fsp3) is 0.727. The van der Waals surface area contributed by atoms with E-state index in [4.69, 9.17) is 0 Å².